The van der Waals surface area contributed by atoms with E-state index in [4.69, 9.17) is 30.5 Å². The predicted molar refractivity (Wildman–Crippen MR) is 54.5 cm³/mol. The van der Waals surface area contributed by atoms with Crippen LogP contribution in [0.3, 0.4) is 0 Å². The van der Waals surface area contributed by atoms with E-state index in [9.17, 15) is 4.39 Å². The highest BCUT2D eigenvalue weighted by molar-refractivity contribution is 6.28. The average Bonchev–Trinajstić information content (AvgIpc) is 2.54. The van der Waals surface area contributed by atoms with Gasteiger partial charge in [0.2, 0.25) is 0 Å². The molecule has 2 rings (SSSR count). The summed E-state index contributed by atoms with van der Waals surface area (Å²) in [6, 6.07) is 0. The molecule has 4 atom stereocenters. The second-order valence-electron chi connectivity index (χ2n) is 4.23. The van der Waals surface area contributed by atoms with Crippen molar-refractivity contribution in [3.63, 3.8) is 0 Å². The van der Waals surface area contributed by atoms with Gasteiger partial charge < -0.3 is 18.9 Å². The van der Waals surface area contributed by atoms with Gasteiger partial charge in [0.1, 0.15) is 18.3 Å². The molecule has 0 aromatic heterocycles. The van der Waals surface area contributed by atoms with E-state index in [-0.39, 0.29) is 6.10 Å². The van der Waals surface area contributed by atoms with E-state index in [0.717, 1.165) is 6.08 Å². The Hall–Kier alpha value is -0.200. The topological polar surface area (TPSA) is 36.9 Å². The molecule has 16 heavy (non-hydrogen) atoms. The van der Waals surface area contributed by atoms with Gasteiger partial charge in [0.05, 0.1) is 0 Å². The zero-order chi connectivity index (χ0) is 11.9. The Kier molecular flexibility index (Phi) is 3.25. The van der Waals surface area contributed by atoms with Gasteiger partial charge in [-0.2, -0.15) is 4.39 Å². The van der Waals surface area contributed by atoms with Gasteiger partial charge in [-0.1, -0.05) is 11.6 Å². The fourth-order valence-corrected chi connectivity index (χ4v) is 2.15. The fraction of sp³-hybridized carbons (Fsp3) is 0.800. The summed E-state index contributed by atoms with van der Waals surface area (Å²) in [6.07, 6.45) is -0.771. The van der Waals surface area contributed by atoms with Crippen molar-refractivity contribution < 1.29 is 23.3 Å². The van der Waals surface area contributed by atoms with Crippen molar-refractivity contribution in [2.45, 2.75) is 44.2 Å². The number of ether oxygens (including phenoxy) is 4. The zero-order valence-corrected chi connectivity index (χ0v) is 10.0. The van der Waals surface area contributed by atoms with E-state index in [1.54, 1.807) is 13.8 Å². The molecule has 0 aromatic rings. The highest BCUT2D eigenvalue weighted by Gasteiger charge is 2.54. The second kappa shape index (κ2) is 4.23. The maximum absolute atomic E-state index is 12.6. The first-order chi connectivity index (χ1) is 7.43. The first-order valence-corrected chi connectivity index (χ1v) is 5.37. The maximum Gasteiger partial charge on any atom is 0.190 e. The third kappa shape index (κ3) is 2.24. The van der Waals surface area contributed by atoms with Crippen LogP contribution in [0.1, 0.15) is 13.8 Å². The van der Waals surface area contributed by atoms with Crippen molar-refractivity contribution >= 4 is 11.6 Å². The van der Waals surface area contributed by atoms with Crippen LogP contribution in [0.2, 0.25) is 0 Å². The van der Waals surface area contributed by atoms with Gasteiger partial charge in [-0.15, -0.1) is 0 Å². The number of fused-ring (bicyclic) bond motifs is 1. The molecule has 0 amide bonds. The molecule has 6 heteroatoms. The van der Waals surface area contributed by atoms with Crippen LogP contribution in [0.15, 0.2) is 11.4 Å². The first-order valence-electron chi connectivity index (χ1n) is 4.99. The van der Waals surface area contributed by atoms with Crippen molar-refractivity contribution in [2.75, 3.05) is 7.11 Å². The van der Waals surface area contributed by atoms with Crippen LogP contribution in [0.25, 0.3) is 0 Å². The molecule has 92 valence electrons. The molecular weight excluding hydrogens is 239 g/mol. The molecule has 0 N–H and O–H groups in total. The van der Waals surface area contributed by atoms with Gasteiger partial charge >= 0.3 is 0 Å². The molecule has 2 fully saturated rings. The zero-order valence-electron chi connectivity index (χ0n) is 9.28. The van der Waals surface area contributed by atoms with Gasteiger partial charge in [0, 0.05) is 7.11 Å². The summed E-state index contributed by atoms with van der Waals surface area (Å²) in [4.78, 5) is 0. The van der Waals surface area contributed by atoms with Crippen LogP contribution in [0.5, 0.6) is 0 Å². The molecule has 4 nitrogen and oxygen atoms in total. The van der Waals surface area contributed by atoms with Crippen molar-refractivity contribution in [3.8, 4) is 0 Å². The lowest BCUT2D eigenvalue weighted by Gasteiger charge is -2.23. The molecule has 0 spiro atoms. The Morgan fingerprint density at radius 1 is 1.44 bits per heavy atom. The Morgan fingerprint density at radius 2 is 2.12 bits per heavy atom. The van der Waals surface area contributed by atoms with Gasteiger partial charge in [0.25, 0.3) is 0 Å². The van der Waals surface area contributed by atoms with Crippen LogP contribution in [-0.4, -0.2) is 37.5 Å². The lowest BCUT2D eigenvalue weighted by atomic mass is 10.1. The van der Waals surface area contributed by atoms with Crippen LogP contribution < -0.4 is 0 Å². The number of hydrogen-bond acceptors (Lipinski definition) is 4. The highest BCUT2D eigenvalue weighted by atomic mass is 35.5. The monoisotopic (exact) mass is 252 g/mol. The minimum Gasteiger partial charge on any atom is -0.375 e. The molecule has 0 aromatic carbocycles. The summed E-state index contributed by atoms with van der Waals surface area (Å²) < 4.78 is 34.4. The Labute approximate surface area is 98.2 Å². The van der Waals surface area contributed by atoms with Crippen molar-refractivity contribution in [1.29, 1.82) is 0 Å². The Balaban J connectivity index is 2.13. The second-order valence-corrected chi connectivity index (χ2v) is 4.59. The number of rotatable bonds is 2. The van der Waals surface area contributed by atoms with Crippen LogP contribution in [0, 0.1) is 0 Å². The normalized spacial score (nSPS) is 42.4. The van der Waals surface area contributed by atoms with Crippen LogP contribution in [-0.2, 0) is 18.9 Å². The van der Waals surface area contributed by atoms with Gasteiger partial charge in [0.15, 0.2) is 17.4 Å². The predicted octanol–water partition coefficient (Wildman–Crippen LogP) is 1.93. The third-order valence-electron chi connectivity index (χ3n) is 2.59. The van der Waals surface area contributed by atoms with Crippen LogP contribution in [0.4, 0.5) is 4.39 Å². The minimum atomic E-state index is -0.828. The van der Waals surface area contributed by atoms with E-state index < -0.39 is 29.6 Å². The molecule has 0 radical (unpaired) electrons. The largest absolute Gasteiger partial charge is 0.375 e. The molecule has 2 aliphatic rings. The molecule has 0 aliphatic carbocycles. The van der Waals surface area contributed by atoms with Gasteiger partial charge in [-0.25, -0.2) is 0 Å². The minimum absolute atomic E-state index is 0.364. The maximum atomic E-state index is 12.6. The smallest absolute Gasteiger partial charge is 0.190 e. The number of halogens is 2. The Bertz CT molecular complexity index is 303. The number of hydrogen-bond donors (Lipinski definition) is 0. The first kappa shape index (κ1) is 12.3. The van der Waals surface area contributed by atoms with Gasteiger partial charge in [-0.3, -0.25) is 0 Å². The molecule has 0 saturated carbocycles. The quantitative estimate of drug-likeness (QED) is 0.753. The van der Waals surface area contributed by atoms with E-state index in [1.807, 2.05) is 0 Å². The van der Waals surface area contributed by atoms with Crippen molar-refractivity contribution in [1.82, 2.24) is 0 Å². The average molecular weight is 253 g/mol. The van der Waals surface area contributed by atoms with E-state index in [2.05, 4.69) is 0 Å². The molecule has 2 saturated heterocycles. The molecule has 2 aliphatic heterocycles. The Morgan fingerprint density at radius 3 is 2.69 bits per heavy atom. The fourth-order valence-electron chi connectivity index (χ4n) is 2.03. The van der Waals surface area contributed by atoms with Crippen molar-refractivity contribution in [2.24, 2.45) is 0 Å². The summed E-state index contributed by atoms with van der Waals surface area (Å²) in [5, 5.41) is -0.828. The summed E-state index contributed by atoms with van der Waals surface area (Å²) in [5.74, 6) is -0.708. The molecule has 0 bridgehead atoms. The lowest BCUT2D eigenvalue weighted by Crippen LogP contribution is -2.35. The van der Waals surface area contributed by atoms with E-state index in [0.29, 0.717) is 0 Å². The van der Waals surface area contributed by atoms with Crippen LogP contribution >= 0.6 is 11.6 Å². The molecular formula is C10H14ClFO4. The van der Waals surface area contributed by atoms with Gasteiger partial charge in [-0.05, 0) is 19.9 Å². The van der Waals surface area contributed by atoms with Crippen molar-refractivity contribution in [3.05, 3.63) is 11.4 Å². The summed E-state index contributed by atoms with van der Waals surface area (Å²) >= 11 is 5.17. The molecule has 2 heterocycles. The number of methoxy groups -OCH3 is 1. The lowest BCUT2D eigenvalue weighted by molar-refractivity contribution is -0.210. The third-order valence-corrected chi connectivity index (χ3v) is 2.72. The van der Waals surface area contributed by atoms with E-state index in [1.165, 1.54) is 7.11 Å². The summed E-state index contributed by atoms with van der Waals surface area (Å²) in [7, 11) is 1.51. The standard InChI is InChI=1S/C10H14ClFO4/c1-10(2)15-8-7(13-3)5(4-6(11)12)14-9(8)16-10/h4-5,7-9H,1-3H3/b6-4+/t5-,7+,8-,9-/m1/s1. The van der Waals surface area contributed by atoms with E-state index >= 15 is 0 Å². The highest BCUT2D eigenvalue weighted by Crippen LogP contribution is 2.39. The SMILES string of the molecule is CO[C@@H]1[C@H]2OC(C)(C)O[C@H]2O[C@@H]1/C=C(/F)Cl. The summed E-state index contributed by atoms with van der Waals surface area (Å²) in [5.41, 5.74) is 0. The summed E-state index contributed by atoms with van der Waals surface area (Å²) in [6.45, 7) is 3.57. The molecule has 0 unspecified atom stereocenters.